The van der Waals surface area contributed by atoms with Gasteiger partial charge in [0, 0.05) is 29.5 Å². The molecule has 0 spiro atoms. The van der Waals surface area contributed by atoms with E-state index in [4.69, 9.17) is 4.74 Å². The molecule has 1 aliphatic heterocycles. The summed E-state index contributed by atoms with van der Waals surface area (Å²) in [6, 6.07) is 25.1. The quantitative estimate of drug-likeness (QED) is 0.217. The number of hydrogen-bond donors (Lipinski definition) is 0. The Balaban J connectivity index is 1.49. The first-order valence-electron chi connectivity index (χ1n) is 11.2. The highest BCUT2D eigenvalue weighted by molar-refractivity contribution is 7.22. The number of carbonyl (C=O) groups excluding carboxylic acids is 1. The predicted molar refractivity (Wildman–Crippen MR) is 137 cm³/mol. The molecular weight excluding hydrogens is 476 g/mol. The number of carbonyl (C=O) groups is 1. The third kappa shape index (κ3) is 3.85. The van der Waals surface area contributed by atoms with Crippen molar-refractivity contribution in [2.45, 2.75) is 12.5 Å². The molecule has 0 saturated heterocycles. The Morgan fingerprint density at radius 1 is 0.972 bits per heavy atom. The number of anilines is 1. The average molecular weight is 495 g/mol. The van der Waals surface area contributed by atoms with Crippen molar-refractivity contribution < 1.29 is 14.5 Å². The topological polar surface area (TPSA) is 98.5 Å². The molecular formula is C27H18N4O4S. The number of rotatable bonds is 5. The number of pyridine rings is 1. The van der Waals surface area contributed by atoms with E-state index in [0.717, 1.165) is 11.1 Å². The molecule has 0 saturated carbocycles. The Morgan fingerprint density at radius 2 is 1.67 bits per heavy atom. The lowest BCUT2D eigenvalue weighted by Gasteiger charge is -2.31. The fourth-order valence-electron chi connectivity index (χ4n) is 4.36. The van der Waals surface area contributed by atoms with Gasteiger partial charge in [-0.25, -0.2) is 4.98 Å². The molecule has 0 atom stereocenters. The number of nitro benzene ring substituents is 1. The first-order chi connectivity index (χ1) is 17.6. The Bertz CT molecular complexity index is 1570. The molecule has 176 valence electrons. The van der Waals surface area contributed by atoms with Gasteiger partial charge in [0.25, 0.3) is 5.69 Å². The number of para-hydroxylation sites is 2. The Morgan fingerprint density at radius 3 is 2.33 bits per heavy atom. The molecule has 3 heterocycles. The molecule has 8 nitrogen and oxygen atoms in total. The molecule has 36 heavy (non-hydrogen) atoms. The summed E-state index contributed by atoms with van der Waals surface area (Å²) in [4.78, 5) is 35.9. The van der Waals surface area contributed by atoms with E-state index in [1.807, 2.05) is 66.7 Å². The molecule has 0 N–H and O–H groups in total. The molecule has 9 heteroatoms. The van der Waals surface area contributed by atoms with Crippen LogP contribution in [-0.4, -0.2) is 20.8 Å². The summed E-state index contributed by atoms with van der Waals surface area (Å²) in [5.74, 6) is 0.466. The summed E-state index contributed by atoms with van der Waals surface area (Å²) in [5.41, 5.74) is 2.80. The maximum absolute atomic E-state index is 14.4. The second-order valence-electron chi connectivity index (χ2n) is 8.26. The monoisotopic (exact) mass is 494 g/mol. The number of thiazole rings is 1. The van der Waals surface area contributed by atoms with Crippen molar-refractivity contribution in [1.82, 2.24) is 9.97 Å². The largest absolute Gasteiger partial charge is 0.457 e. The van der Waals surface area contributed by atoms with E-state index in [1.54, 1.807) is 17.2 Å². The Kier molecular flexibility index (Phi) is 5.38. The molecule has 0 aliphatic carbocycles. The number of ether oxygens (including phenoxy) is 1. The minimum absolute atomic E-state index is 0.0208. The van der Waals surface area contributed by atoms with Gasteiger partial charge in [0.2, 0.25) is 5.91 Å². The third-order valence-electron chi connectivity index (χ3n) is 6.04. The van der Waals surface area contributed by atoms with Crippen LogP contribution in [0.3, 0.4) is 0 Å². The van der Waals surface area contributed by atoms with Crippen LogP contribution in [0.5, 0.6) is 11.5 Å². The maximum atomic E-state index is 14.4. The first-order valence-corrected chi connectivity index (χ1v) is 12.0. The first kappa shape index (κ1) is 21.9. The van der Waals surface area contributed by atoms with Crippen molar-refractivity contribution in [3.63, 3.8) is 0 Å². The lowest BCUT2D eigenvalue weighted by molar-refractivity contribution is -0.384. The lowest BCUT2D eigenvalue weighted by atomic mass is 9.87. The Labute approximate surface area is 209 Å². The molecule has 1 amide bonds. The standard InChI is InChI=1S/C27H18N4O4S/c32-26(25-19-8-1-3-10-22(19)35-23-11-4-2-9-20(23)25)30(16-17-7-5-6-14-28-17)27-29-21-13-12-18(31(33)34)15-24(21)36-27/h1-15,25H,16H2. The lowest BCUT2D eigenvalue weighted by Crippen LogP contribution is -2.36. The van der Waals surface area contributed by atoms with Crippen LogP contribution >= 0.6 is 11.3 Å². The summed E-state index contributed by atoms with van der Waals surface area (Å²) in [5, 5.41) is 11.7. The van der Waals surface area contributed by atoms with Crippen LogP contribution < -0.4 is 9.64 Å². The number of nitrogens with zero attached hydrogens (tertiary/aromatic N) is 4. The van der Waals surface area contributed by atoms with Gasteiger partial charge in [-0.2, -0.15) is 0 Å². The molecule has 2 aromatic heterocycles. The summed E-state index contributed by atoms with van der Waals surface area (Å²) in [6.45, 7) is 0.198. The molecule has 6 rings (SSSR count). The van der Waals surface area contributed by atoms with Crippen LogP contribution in [-0.2, 0) is 11.3 Å². The molecule has 0 bridgehead atoms. The van der Waals surface area contributed by atoms with Gasteiger partial charge in [0.15, 0.2) is 5.13 Å². The number of aromatic nitrogens is 2. The fourth-order valence-corrected chi connectivity index (χ4v) is 5.36. The molecule has 3 aromatic carbocycles. The highest BCUT2D eigenvalue weighted by atomic mass is 32.1. The van der Waals surface area contributed by atoms with Crippen LogP contribution in [0.1, 0.15) is 22.7 Å². The zero-order chi connectivity index (χ0) is 24.6. The highest BCUT2D eigenvalue weighted by Crippen LogP contribution is 2.45. The molecule has 5 aromatic rings. The molecule has 0 radical (unpaired) electrons. The average Bonchev–Trinajstić information content (AvgIpc) is 3.33. The van der Waals surface area contributed by atoms with Crippen LogP contribution in [0, 0.1) is 10.1 Å². The minimum Gasteiger partial charge on any atom is -0.457 e. The summed E-state index contributed by atoms with van der Waals surface area (Å²) in [7, 11) is 0. The van der Waals surface area contributed by atoms with E-state index in [2.05, 4.69) is 9.97 Å². The highest BCUT2D eigenvalue weighted by Gasteiger charge is 2.36. The second-order valence-corrected chi connectivity index (χ2v) is 9.27. The van der Waals surface area contributed by atoms with Gasteiger partial charge in [-0.1, -0.05) is 53.8 Å². The van der Waals surface area contributed by atoms with E-state index in [-0.39, 0.29) is 18.1 Å². The van der Waals surface area contributed by atoms with Crippen molar-refractivity contribution in [1.29, 1.82) is 0 Å². The smallest absolute Gasteiger partial charge is 0.270 e. The predicted octanol–water partition coefficient (Wildman–Crippen LogP) is 6.07. The van der Waals surface area contributed by atoms with Crippen molar-refractivity contribution >= 4 is 38.3 Å². The maximum Gasteiger partial charge on any atom is 0.270 e. The summed E-state index contributed by atoms with van der Waals surface area (Å²) < 4.78 is 6.72. The number of hydrogen-bond acceptors (Lipinski definition) is 7. The van der Waals surface area contributed by atoms with Gasteiger partial charge in [0.05, 0.1) is 33.3 Å². The van der Waals surface area contributed by atoms with E-state index < -0.39 is 10.8 Å². The van der Waals surface area contributed by atoms with E-state index in [9.17, 15) is 14.9 Å². The van der Waals surface area contributed by atoms with Gasteiger partial charge >= 0.3 is 0 Å². The zero-order valence-electron chi connectivity index (χ0n) is 18.8. The molecule has 0 unspecified atom stereocenters. The summed E-state index contributed by atoms with van der Waals surface area (Å²) >= 11 is 1.24. The fraction of sp³-hybridized carbons (Fsp3) is 0.0741. The zero-order valence-corrected chi connectivity index (χ0v) is 19.6. The van der Waals surface area contributed by atoms with Crippen LogP contribution in [0.25, 0.3) is 10.2 Å². The van der Waals surface area contributed by atoms with Gasteiger partial charge in [-0.15, -0.1) is 0 Å². The van der Waals surface area contributed by atoms with Gasteiger partial charge < -0.3 is 4.74 Å². The van der Waals surface area contributed by atoms with E-state index in [0.29, 0.717) is 32.5 Å². The van der Waals surface area contributed by atoms with Crippen molar-refractivity contribution in [2.24, 2.45) is 0 Å². The van der Waals surface area contributed by atoms with Gasteiger partial charge in [-0.3, -0.25) is 24.8 Å². The number of fused-ring (bicyclic) bond motifs is 3. The number of amides is 1. The van der Waals surface area contributed by atoms with Crippen LogP contribution in [0.2, 0.25) is 0 Å². The number of non-ortho nitro benzene ring substituents is 1. The van der Waals surface area contributed by atoms with E-state index in [1.165, 1.54) is 23.5 Å². The van der Waals surface area contributed by atoms with Gasteiger partial charge in [0.1, 0.15) is 11.5 Å². The number of benzene rings is 3. The molecule has 0 fully saturated rings. The van der Waals surface area contributed by atoms with Crippen molar-refractivity contribution in [3.05, 3.63) is 118 Å². The molecule has 1 aliphatic rings. The van der Waals surface area contributed by atoms with Crippen molar-refractivity contribution in [2.75, 3.05) is 4.90 Å². The second kappa shape index (κ2) is 8.86. The summed E-state index contributed by atoms with van der Waals surface area (Å²) in [6.07, 6.45) is 1.68. The van der Waals surface area contributed by atoms with Gasteiger partial charge in [-0.05, 0) is 30.3 Å². The van der Waals surface area contributed by atoms with E-state index >= 15 is 0 Å². The van der Waals surface area contributed by atoms with Crippen LogP contribution in [0.15, 0.2) is 91.1 Å². The van der Waals surface area contributed by atoms with Crippen LogP contribution in [0.4, 0.5) is 10.8 Å². The minimum atomic E-state index is -0.615. The normalized spacial score (nSPS) is 12.4. The third-order valence-corrected chi connectivity index (χ3v) is 7.08. The number of nitro groups is 1. The SMILES string of the molecule is O=C(C1c2ccccc2Oc2ccccc21)N(Cc1ccccn1)c1nc2ccc([N+](=O)[O-])cc2s1. The van der Waals surface area contributed by atoms with Crippen molar-refractivity contribution in [3.8, 4) is 11.5 Å². The Hall–Kier alpha value is -4.63.